The van der Waals surface area contributed by atoms with Crippen molar-refractivity contribution < 1.29 is 19.5 Å². The Bertz CT molecular complexity index is 470. The first-order chi connectivity index (χ1) is 8.68. The molecule has 0 amide bonds. The number of nitro benzene ring substituents is 1. The molecule has 0 bridgehead atoms. The molecule has 0 spiro atoms. The number of nitro groups is 1. The van der Waals surface area contributed by atoms with E-state index in [9.17, 15) is 19.6 Å². The van der Waals surface area contributed by atoms with Gasteiger partial charge in [-0.3, -0.25) is 10.1 Å². The minimum Gasteiger partial charge on any atom is -0.394 e. The standard InChI is InChI=1S/C13H18FNO4/c1-13(2,3)12(11(17)7-16)8-4-5-10(15(18)19)9(14)6-8/h4-6,11-12,16-17H,7H2,1-3H3. The summed E-state index contributed by atoms with van der Waals surface area (Å²) in [7, 11) is 0. The Kier molecular flexibility index (Phi) is 4.60. The van der Waals surface area contributed by atoms with Gasteiger partial charge in [-0.05, 0) is 17.0 Å². The second-order valence-corrected chi connectivity index (χ2v) is 5.56. The second-order valence-electron chi connectivity index (χ2n) is 5.56. The first-order valence-electron chi connectivity index (χ1n) is 5.91. The third kappa shape index (κ3) is 3.48. The number of hydrogen-bond acceptors (Lipinski definition) is 4. The highest BCUT2D eigenvalue weighted by atomic mass is 19.1. The molecule has 0 aliphatic heterocycles. The van der Waals surface area contributed by atoms with Gasteiger partial charge in [-0.15, -0.1) is 0 Å². The van der Waals surface area contributed by atoms with E-state index in [4.69, 9.17) is 5.11 Å². The highest BCUT2D eigenvalue weighted by Crippen LogP contribution is 2.38. The molecule has 5 nitrogen and oxygen atoms in total. The molecule has 0 aromatic heterocycles. The number of nitrogens with zero attached hydrogens (tertiary/aromatic N) is 1. The Balaban J connectivity index is 3.25. The molecule has 0 heterocycles. The lowest BCUT2D eigenvalue weighted by Gasteiger charge is -2.34. The largest absolute Gasteiger partial charge is 0.394 e. The molecule has 0 aliphatic carbocycles. The van der Waals surface area contributed by atoms with Crippen LogP contribution in [0, 0.1) is 21.3 Å². The molecule has 1 aromatic carbocycles. The van der Waals surface area contributed by atoms with E-state index in [1.807, 2.05) is 20.8 Å². The van der Waals surface area contributed by atoms with Gasteiger partial charge in [0.15, 0.2) is 0 Å². The lowest BCUT2D eigenvalue weighted by Crippen LogP contribution is -2.32. The fraction of sp³-hybridized carbons (Fsp3) is 0.538. The van der Waals surface area contributed by atoms with Crippen LogP contribution in [-0.2, 0) is 0 Å². The van der Waals surface area contributed by atoms with Crippen molar-refractivity contribution in [1.82, 2.24) is 0 Å². The number of aliphatic hydroxyl groups is 2. The van der Waals surface area contributed by atoms with Crippen LogP contribution in [0.2, 0.25) is 0 Å². The van der Waals surface area contributed by atoms with Crippen LogP contribution in [-0.4, -0.2) is 27.8 Å². The van der Waals surface area contributed by atoms with Crippen LogP contribution in [0.1, 0.15) is 32.3 Å². The zero-order valence-corrected chi connectivity index (χ0v) is 11.1. The molecule has 0 saturated heterocycles. The van der Waals surface area contributed by atoms with Crippen molar-refractivity contribution in [2.24, 2.45) is 5.41 Å². The van der Waals surface area contributed by atoms with Gasteiger partial charge in [0.25, 0.3) is 0 Å². The van der Waals surface area contributed by atoms with Crippen molar-refractivity contribution >= 4 is 5.69 Å². The SMILES string of the molecule is CC(C)(C)C(c1ccc([N+](=O)[O-])c(F)c1)C(O)CO. The van der Waals surface area contributed by atoms with Gasteiger partial charge in [-0.2, -0.15) is 4.39 Å². The molecule has 2 N–H and O–H groups in total. The smallest absolute Gasteiger partial charge is 0.304 e. The summed E-state index contributed by atoms with van der Waals surface area (Å²) in [5.74, 6) is -1.46. The fourth-order valence-corrected chi connectivity index (χ4v) is 2.27. The molecule has 6 heteroatoms. The lowest BCUT2D eigenvalue weighted by molar-refractivity contribution is -0.387. The Morgan fingerprint density at radius 1 is 1.42 bits per heavy atom. The van der Waals surface area contributed by atoms with Crippen molar-refractivity contribution in [3.05, 3.63) is 39.7 Å². The first-order valence-corrected chi connectivity index (χ1v) is 5.91. The van der Waals surface area contributed by atoms with Crippen molar-refractivity contribution in [2.75, 3.05) is 6.61 Å². The number of halogens is 1. The normalized spacial score (nSPS) is 15.1. The molecule has 19 heavy (non-hydrogen) atoms. The van der Waals surface area contributed by atoms with Crippen LogP contribution in [0.4, 0.5) is 10.1 Å². The maximum Gasteiger partial charge on any atom is 0.304 e. The highest BCUT2D eigenvalue weighted by molar-refractivity contribution is 5.37. The Morgan fingerprint density at radius 2 is 2.00 bits per heavy atom. The molecule has 2 atom stereocenters. The average Bonchev–Trinajstić information content (AvgIpc) is 2.26. The van der Waals surface area contributed by atoms with Crippen molar-refractivity contribution in [1.29, 1.82) is 0 Å². The van der Waals surface area contributed by atoms with E-state index in [1.165, 1.54) is 6.07 Å². The van der Waals surface area contributed by atoms with E-state index < -0.39 is 40.5 Å². The number of hydrogen-bond donors (Lipinski definition) is 2. The van der Waals surface area contributed by atoms with Crippen LogP contribution in [0.5, 0.6) is 0 Å². The van der Waals surface area contributed by atoms with Crippen LogP contribution in [0.25, 0.3) is 0 Å². The summed E-state index contributed by atoms with van der Waals surface area (Å²) in [5, 5.41) is 29.5. The quantitative estimate of drug-likeness (QED) is 0.649. The molecule has 0 fully saturated rings. The number of aliphatic hydroxyl groups excluding tert-OH is 2. The van der Waals surface area contributed by atoms with Gasteiger partial charge in [0.1, 0.15) is 0 Å². The predicted molar refractivity (Wildman–Crippen MR) is 68.3 cm³/mol. The summed E-state index contributed by atoms with van der Waals surface area (Å²) in [6, 6.07) is 3.54. The highest BCUT2D eigenvalue weighted by Gasteiger charge is 2.33. The third-order valence-electron chi connectivity index (χ3n) is 3.03. The summed E-state index contributed by atoms with van der Waals surface area (Å²) in [6.07, 6.45) is -1.05. The average molecular weight is 271 g/mol. The van der Waals surface area contributed by atoms with Gasteiger partial charge in [0.2, 0.25) is 5.82 Å². The molecule has 0 aliphatic rings. The van der Waals surface area contributed by atoms with Crippen molar-refractivity contribution in [2.45, 2.75) is 32.8 Å². The molecule has 0 saturated carbocycles. The summed E-state index contributed by atoms with van der Waals surface area (Å²) < 4.78 is 13.6. The maximum atomic E-state index is 13.6. The Morgan fingerprint density at radius 3 is 2.37 bits per heavy atom. The van der Waals surface area contributed by atoms with Crippen LogP contribution in [0.3, 0.4) is 0 Å². The number of rotatable bonds is 4. The molecule has 0 radical (unpaired) electrons. The summed E-state index contributed by atoms with van der Waals surface area (Å²) in [4.78, 5) is 9.77. The van der Waals surface area contributed by atoms with Gasteiger partial charge < -0.3 is 10.2 Å². The van der Waals surface area contributed by atoms with Gasteiger partial charge in [0, 0.05) is 12.0 Å². The predicted octanol–water partition coefficient (Wildman–Crippen LogP) is 2.22. The summed E-state index contributed by atoms with van der Waals surface area (Å²) in [6.45, 7) is 5.07. The number of benzene rings is 1. The Labute approximate surface area is 110 Å². The van der Waals surface area contributed by atoms with E-state index in [1.54, 1.807) is 0 Å². The van der Waals surface area contributed by atoms with Crippen molar-refractivity contribution in [3.63, 3.8) is 0 Å². The van der Waals surface area contributed by atoms with E-state index in [2.05, 4.69) is 0 Å². The monoisotopic (exact) mass is 271 g/mol. The van der Waals surface area contributed by atoms with Gasteiger partial charge in [-0.25, -0.2) is 0 Å². The van der Waals surface area contributed by atoms with Gasteiger partial charge >= 0.3 is 5.69 Å². The van der Waals surface area contributed by atoms with Gasteiger partial charge in [0.05, 0.1) is 17.6 Å². The van der Waals surface area contributed by atoms with E-state index in [0.29, 0.717) is 5.56 Å². The zero-order valence-electron chi connectivity index (χ0n) is 11.1. The molecular formula is C13H18FNO4. The van der Waals surface area contributed by atoms with Crippen molar-refractivity contribution in [3.8, 4) is 0 Å². The molecular weight excluding hydrogens is 253 g/mol. The molecule has 1 rings (SSSR count). The molecule has 106 valence electrons. The minimum absolute atomic E-state index is 0.426. The summed E-state index contributed by atoms with van der Waals surface area (Å²) >= 11 is 0. The van der Waals surface area contributed by atoms with Crippen LogP contribution < -0.4 is 0 Å². The van der Waals surface area contributed by atoms with E-state index in [0.717, 1.165) is 12.1 Å². The second kappa shape index (κ2) is 5.63. The van der Waals surface area contributed by atoms with Gasteiger partial charge in [-0.1, -0.05) is 26.8 Å². The maximum absolute atomic E-state index is 13.6. The zero-order chi connectivity index (χ0) is 14.8. The molecule has 1 aromatic rings. The first kappa shape index (κ1) is 15.5. The van der Waals surface area contributed by atoms with E-state index in [-0.39, 0.29) is 0 Å². The molecule has 2 unspecified atom stereocenters. The Hall–Kier alpha value is -1.53. The fourth-order valence-electron chi connectivity index (χ4n) is 2.27. The van der Waals surface area contributed by atoms with E-state index >= 15 is 0 Å². The van der Waals surface area contributed by atoms with Crippen LogP contribution in [0.15, 0.2) is 18.2 Å². The lowest BCUT2D eigenvalue weighted by atomic mass is 9.73. The minimum atomic E-state index is -1.05. The summed E-state index contributed by atoms with van der Waals surface area (Å²) in [5.41, 5.74) is -0.600. The topological polar surface area (TPSA) is 83.6 Å². The van der Waals surface area contributed by atoms with Crippen LogP contribution >= 0.6 is 0 Å². The third-order valence-corrected chi connectivity index (χ3v) is 3.03.